The van der Waals surface area contributed by atoms with Gasteiger partial charge in [0.2, 0.25) is 0 Å². The fraction of sp³-hybridized carbons (Fsp3) is 0.190. The highest BCUT2D eigenvalue weighted by molar-refractivity contribution is 6.02. The van der Waals surface area contributed by atoms with E-state index in [1.165, 1.54) is 9.81 Å². The quantitative estimate of drug-likeness (QED) is 0.625. The van der Waals surface area contributed by atoms with Crippen molar-refractivity contribution in [1.29, 1.82) is 0 Å². The first-order valence-corrected chi connectivity index (χ1v) is 9.21. The molecule has 4 rings (SSSR count). The number of aromatic nitrogens is 3. The predicted octanol–water partition coefficient (Wildman–Crippen LogP) is 2.37. The summed E-state index contributed by atoms with van der Waals surface area (Å²) in [4.78, 5) is 26.1. The normalized spacial score (nSPS) is 13.3. The number of ether oxygens (including phenoxy) is 1. The molecule has 146 valence electrons. The number of para-hydroxylation sites is 1. The van der Waals surface area contributed by atoms with Gasteiger partial charge in [0.15, 0.2) is 12.3 Å². The molecule has 8 nitrogen and oxygen atoms in total. The molecule has 0 saturated heterocycles. The third-order valence-electron chi connectivity index (χ3n) is 4.49. The van der Waals surface area contributed by atoms with Gasteiger partial charge in [0.25, 0.3) is 5.91 Å². The Hall–Kier alpha value is -3.81. The second-order valence-electron chi connectivity index (χ2n) is 6.51. The fourth-order valence-corrected chi connectivity index (χ4v) is 2.98. The maximum absolute atomic E-state index is 12.4. The molecule has 0 unspecified atom stereocenters. The molecular formula is C21H19N5O3. The molecule has 0 atom stereocenters. The summed E-state index contributed by atoms with van der Waals surface area (Å²) in [5.74, 6) is -1.07. The Morgan fingerprint density at radius 1 is 1.00 bits per heavy atom. The Balaban J connectivity index is 1.38. The molecule has 3 aromatic rings. The van der Waals surface area contributed by atoms with Crippen LogP contribution in [0.25, 0.3) is 5.69 Å². The Labute approximate surface area is 167 Å². The molecule has 0 aliphatic carbocycles. The van der Waals surface area contributed by atoms with Gasteiger partial charge in [-0.25, -0.2) is 9.80 Å². The second-order valence-corrected chi connectivity index (χ2v) is 6.51. The van der Waals surface area contributed by atoms with Crippen LogP contribution in [0.3, 0.4) is 0 Å². The van der Waals surface area contributed by atoms with Crippen LogP contribution in [0.15, 0.2) is 65.8 Å². The lowest BCUT2D eigenvalue weighted by molar-refractivity contribution is -0.134. The van der Waals surface area contributed by atoms with Gasteiger partial charge < -0.3 is 4.74 Å². The van der Waals surface area contributed by atoms with E-state index in [1.807, 2.05) is 60.7 Å². The van der Waals surface area contributed by atoms with Crippen LogP contribution >= 0.6 is 0 Å². The van der Waals surface area contributed by atoms with Crippen LogP contribution in [-0.4, -0.2) is 50.7 Å². The summed E-state index contributed by atoms with van der Waals surface area (Å²) >= 11 is 0. The first-order valence-electron chi connectivity index (χ1n) is 9.21. The highest BCUT2D eigenvalue weighted by atomic mass is 16.5. The van der Waals surface area contributed by atoms with E-state index in [1.54, 1.807) is 6.92 Å². The molecule has 29 heavy (non-hydrogen) atoms. The molecule has 0 spiro atoms. The third kappa shape index (κ3) is 4.06. The van der Waals surface area contributed by atoms with Crippen LogP contribution in [0.2, 0.25) is 0 Å². The summed E-state index contributed by atoms with van der Waals surface area (Å²) in [6.45, 7) is 1.73. The SMILES string of the molecule is Cc1nn(-c2ccccc2)nc1C(=O)OCC(=O)N1CCC(c2ccccc2)=N1. The summed E-state index contributed by atoms with van der Waals surface area (Å²) < 4.78 is 5.16. The van der Waals surface area contributed by atoms with Crippen molar-refractivity contribution in [2.75, 3.05) is 13.2 Å². The van der Waals surface area contributed by atoms with Crippen LogP contribution in [0.5, 0.6) is 0 Å². The van der Waals surface area contributed by atoms with Crippen LogP contribution in [-0.2, 0) is 9.53 Å². The van der Waals surface area contributed by atoms with Crippen LogP contribution in [0.4, 0.5) is 0 Å². The van der Waals surface area contributed by atoms with E-state index in [9.17, 15) is 9.59 Å². The van der Waals surface area contributed by atoms with E-state index in [0.717, 1.165) is 17.0 Å². The van der Waals surface area contributed by atoms with Gasteiger partial charge in [-0.3, -0.25) is 4.79 Å². The van der Waals surface area contributed by atoms with E-state index in [4.69, 9.17) is 4.74 Å². The largest absolute Gasteiger partial charge is 0.451 e. The minimum Gasteiger partial charge on any atom is -0.451 e. The van der Waals surface area contributed by atoms with Gasteiger partial charge >= 0.3 is 5.97 Å². The molecular weight excluding hydrogens is 370 g/mol. The second kappa shape index (κ2) is 8.05. The minimum absolute atomic E-state index is 0.0801. The number of carbonyl (C=O) groups is 2. The Kier molecular flexibility index (Phi) is 5.15. The van der Waals surface area contributed by atoms with Crippen LogP contribution < -0.4 is 0 Å². The number of hydrogen-bond acceptors (Lipinski definition) is 6. The number of carbonyl (C=O) groups excluding carboxylic acids is 2. The van der Waals surface area contributed by atoms with E-state index in [-0.39, 0.29) is 11.6 Å². The lowest BCUT2D eigenvalue weighted by atomic mass is 10.1. The number of hydrogen-bond donors (Lipinski definition) is 0. The molecule has 0 N–H and O–H groups in total. The number of amides is 1. The van der Waals surface area contributed by atoms with E-state index < -0.39 is 12.6 Å². The maximum Gasteiger partial charge on any atom is 0.361 e. The number of esters is 1. The zero-order chi connectivity index (χ0) is 20.2. The molecule has 1 amide bonds. The molecule has 2 heterocycles. The van der Waals surface area contributed by atoms with Crippen molar-refractivity contribution in [3.63, 3.8) is 0 Å². The highest BCUT2D eigenvalue weighted by Crippen LogP contribution is 2.14. The van der Waals surface area contributed by atoms with E-state index in [2.05, 4.69) is 15.3 Å². The minimum atomic E-state index is -0.690. The van der Waals surface area contributed by atoms with E-state index >= 15 is 0 Å². The smallest absolute Gasteiger partial charge is 0.361 e. The average Bonchev–Trinajstić information content (AvgIpc) is 3.40. The molecule has 2 aromatic carbocycles. The van der Waals surface area contributed by atoms with Crippen molar-refractivity contribution >= 4 is 17.6 Å². The molecule has 1 aromatic heterocycles. The van der Waals surface area contributed by atoms with Gasteiger partial charge in [-0.1, -0.05) is 48.5 Å². The van der Waals surface area contributed by atoms with Crippen molar-refractivity contribution in [1.82, 2.24) is 20.0 Å². The molecule has 1 aliphatic heterocycles. The standard InChI is InChI=1S/C21H19N5O3/c1-15-20(24-26(22-15)17-10-6-3-7-11-17)21(28)29-14-19(27)25-13-12-18(23-25)16-8-4-2-5-9-16/h2-11H,12-14H2,1H3. The molecule has 0 saturated carbocycles. The Bertz CT molecular complexity index is 1060. The summed E-state index contributed by atoms with van der Waals surface area (Å²) in [6.07, 6.45) is 0.661. The number of nitrogens with zero attached hydrogens (tertiary/aromatic N) is 5. The van der Waals surface area contributed by atoms with Crippen molar-refractivity contribution in [3.05, 3.63) is 77.6 Å². The van der Waals surface area contributed by atoms with E-state index in [0.29, 0.717) is 18.7 Å². The van der Waals surface area contributed by atoms with Gasteiger partial charge in [-0.05, 0) is 24.6 Å². The zero-order valence-corrected chi connectivity index (χ0v) is 15.9. The molecule has 0 bridgehead atoms. The molecule has 0 radical (unpaired) electrons. The average molecular weight is 389 g/mol. The summed E-state index contributed by atoms with van der Waals surface area (Å²) in [7, 11) is 0. The van der Waals surface area contributed by atoms with Crippen molar-refractivity contribution < 1.29 is 14.3 Å². The third-order valence-corrected chi connectivity index (χ3v) is 4.49. The number of aryl methyl sites for hydroxylation is 1. The number of benzene rings is 2. The van der Waals surface area contributed by atoms with Crippen molar-refractivity contribution in [2.24, 2.45) is 5.10 Å². The summed E-state index contributed by atoms with van der Waals surface area (Å²) in [6, 6.07) is 18.9. The monoisotopic (exact) mass is 389 g/mol. The first kappa shape index (κ1) is 18.5. The van der Waals surface area contributed by atoms with Crippen molar-refractivity contribution in [3.8, 4) is 5.69 Å². The van der Waals surface area contributed by atoms with Gasteiger partial charge in [0.1, 0.15) is 0 Å². The van der Waals surface area contributed by atoms with Crippen molar-refractivity contribution in [2.45, 2.75) is 13.3 Å². The predicted molar refractivity (Wildman–Crippen MR) is 106 cm³/mol. The maximum atomic E-state index is 12.4. The number of hydrazone groups is 1. The van der Waals surface area contributed by atoms with Crippen LogP contribution in [0, 0.1) is 6.92 Å². The lowest BCUT2D eigenvalue weighted by Gasteiger charge is -2.11. The Morgan fingerprint density at radius 2 is 1.69 bits per heavy atom. The van der Waals surface area contributed by atoms with Gasteiger partial charge in [-0.2, -0.15) is 15.0 Å². The zero-order valence-electron chi connectivity index (χ0n) is 15.9. The lowest BCUT2D eigenvalue weighted by Crippen LogP contribution is -2.29. The highest BCUT2D eigenvalue weighted by Gasteiger charge is 2.24. The fourth-order valence-electron chi connectivity index (χ4n) is 2.98. The summed E-state index contributed by atoms with van der Waals surface area (Å²) in [5.41, 5.74) is 3.05. The molecule has 1 aliphatic rings. The molecule has 8 heteroatoms. The first-order chi connectivity index (χ1) is 14.1. The Morgan fingerprint density at radius 3 is 2.41 bits per heavy atom. The van der Waals surface area contributed by atoms with Gasteiger partial charge in [-0.15, -0.1) is 5.10 Å². The van der Waals surface area contributed by atoms with Gasteiger partial charge in [0, 0.05) is 6.42 Å². The topological polar surface area (TPSA) is 89.7 Å². The van der Waals surface area contributed by atoms with Gasteiger partial charge in [0.05, 0.1) is 23.6 Å². The molecule has 0 fully saturated rings. The number of rotatable bonds is 5. The summed E-state index contributed by atoms with van der Waals surface area (Å²) in [5, 5.41) is 14.1. The van der Waals surface area contributed by atoms with Crippen LogP contribution in [0.1, 0.15) is 28.2 Å².